The van der Waals surface area contributed by atoms with Gasteiger partial charge in [0.1, 0.15) is 11.2 Å². The van der Waals surface area contributed by atoms with Crippen LogP contribution >= 0.6 is 0 Å². The number of benzene rings is 8. The Hall–Kier alpha value is -7.17. The van der Waals surface area contributed by atoms with Gasteiger partial charge in [-0.15, -0.1) is 0 Å². The first kappa shape index (κ1) is 25.7. The molecule has 4 nitrogen and oxygen atoms in total. The van der Waals surface area contributed by atoms with Gasteiger partial charge in [-0.3, -0.25) is 0 Å². The van der Waals surface area contributed by atoms with Crippen molar-refractivity contribution in [3.8, 4) is 67.5 Å². The molecule has 0 spiro atoms. The van der Waals surface area contributed by atoms with Crippen molar-refractivity contribution in [1.29, 1.82) is 0 Å². The van der Waals surface area contributed by atoms with Gasteiger partial charge in [0.15, 0.2) is 17.5 Å². The normalized spacial score (nSPS) is 12.7. The molecule has 0 aliphatic heterocycles. The van der Waals surface area contributed by atoms with Gasteiger partial charge < -0.3 is 4.42 Å². The molecular weight excluding hydrogens is 647 g/mol. The van der Waals surface area contributed by atoms with Crippen molar-refractivity contribution in [3.63, 3.8) is 0 Å². The molecule has 0 N–H and O–H groups in total. The van der Waals surface area contributed by atoms with E-state index in [1.165, 1.54) is 10.8 Å². The summed E-state index contributed by atoms with van der Waals surface area (Å²) < 4.78 is 49.1. The van der Waals surface area contributed by atoms with Crippen molar-refractivity contribution in [2.45, 2.75) is 0 Å². The number of nitrogens with zero attached hydrogens (tertiary/aromatic N) is 3. The van der Waals surface area contributed by atoms with Crippen molar-refractivity contribution in [2.75, 3.05) is 0 Å². The van der Waals surface area contributed by atoms with Crippen LogP contribution in [0, 0.1) is 0 Å². The zero-order chi connectivity index (χ0) is 39.5. The number of rotatable bonds is 6. The van der Waals surface area contributed by atoms with Crippen LogP contribution in [0.1, 0.15) is 6.85 Å². The number of hydrogen-bond donors (Lipinski definition) is 0. The van der Waals surface area contributed by atoms with Crippen LogP contribution in [0.2, 0.25) is 0 Å². The lowest BCUT2D eigenvalue weighted by Gasteiger charge is -2.10. The van der Waals surface area contributed by atoms with Crippen molar-refractivity contribution < 1.29 is 11.3 Å². The number of aromatic nitrogens is 3. The van der Waals surface area contributed by atoms with Gasteiger partial charge in [-0.25, -0.2) is 15.0 Å². The van der Waals surface area contributed by atoms with Crippen LogP contribution in [-0.4, -0.2) is 15.0 Å². The summed E-state index contributed by atoms with van der Waals surface area (Å²) in [7, 11) is 0. The Labute approximate surface area is 313 Å². The summed E-state index contributed by atoms with van der Waals surface area (Å²) >= 11 is 0. The Kier molecular flexibility index (Phi) is 6.24. The van der Waals surface area contributed by atoms with Crippen LogP contribution in [0.15, 0.2) is 192 Å². The fourth-order valence-electron chi connectivity index (χ4n) is 7.01. The maximum absolute atomic E-state index is 8.77. The number of hydrogen-bond acceptors (Lipinski definition) is 4. The maximum Gasteiger partial charge on any atom is 0.164 e. The minimum Gasteiger partial charge on any atom is -0.455 e. The number of para-hydroxylation sites is 1. The van der Waals surface area contributed by atoms with Gasteiger partial charge in [0.25, 0.3) is 0 Å². The Morgan fingerprint density at radius 2 is 0.981 bits per heavy atom. The van der Waals surface area contributed by atoms with E-state index in [9.17, 15) is 0 Å². The Balaban J connectivity index is 1.12. The summed E-state index contributed by atoms with van der Waals surface area (Å²) in [5.74, 6) is 0.543. The average molecular weight is 683 g/mol. The third-order valence-corrected chi connectivity index (χ3v) is 9.65. The number of fused-ring (bicyclic) bond motifs is 4. The van der Waals surface area contributed by atoms with E-state index in [0.717, 1.165) is 44.2 Å². The molecule has 0 aliphatic rings. The lowest BCUT2D eigenvalue weighted by molar-refractivity contribution is 0.670. The first-order chi connectivity index (χ1) is 28.3. The first-order valence-electron chi connectivity index (χ1n) is 19.9. The molecule has 0 atom stereocenters. The Morgan fingerprint density at radius 3 is 1.77 bits per heavy atom. The summed E-state index contributed by atoms with van der Waals surface area (Å²) in [6.45, 7) is 0. The van der Waals surface area contributed by atoms with Gasteiger partial charge in [-0.1, -0.05) is 176 Å². The molecule has 0 fully saturated rings. The molecule has 2 aromatic heterocycles. The monoisotopic (exact) mass is 682 g/mol. The second-order valence-electron chi connectivity index (χ2n) is 12.9. The van der Waals surface area contributed by atoms with Crippen LogP contribution < -0.4 is 0 Å². The zero-order valence-electron chi connectivity index (χ0n) is 33.3. The van der Waals surface area contributed by atoms with E-state index in [1.807, 2.05) is 97.1 Å². The second-order valence-corrected chi connectivity index (χ2v) is 12.9. The van der Waals surface area contributed by atoms with E-state index in [-0.39, 0.29) is 17.2 Å². The molecule has 2 heterocycles. The standard InChI is InChI=1S/C49H31N3O/c1-3-11-32(12-4-1)34-23-28-38(29-24-34)48-50-47(37-14-5-2-6-15-37)51-49(52-48)43-19-10-20-44-45(43)42-18-9-17-41(46(42)53-44)36-26-21-35(22-27-36)40-30-25-33-13-7-8-16-39(33)31-40/h1-31H/i2D,5D,6D,14D,15D. The predicted molar refractivity (Wildman–Crippen MR) is 217 cm³/mol. The molecule has 10 rings (SSSR count). The van der Waals surface area contributed by atoms with E-state index in [4.69, 9.17) is 26.2 Å². The molecular formula is C49H31N3O. The molecule has 0 unspecified atom stereocenters. The van der Waals surface area contributed by atoms with Crippen molar-refractivity contribution in [2.24, 2.45) is 0 Å². The molecule has 0 aliphatic carbocycles. The molecule has 0 radical (unpaired) electrons. The summed E-state index contributed by atoms with van der Waals surface area (Å²) in [5.41, 5.74) is 8.82. The molecule has 8 aromatic carbocycles. The molecule has 4 heteroatoms. The molecule has 248 valence electrons. The Bertz CT molecular complexity index is 3190. The van der Waals surface area contributed by atoms with Crippen LogP contribution in [0.5, 0.6) is 0 Å². The van der Waals surface area contributed by atoms with Gasteiger partial charge in [0, 0.05) is 33.0 Å². The van der Waals surface area contributed by atoms with Gasteiger partial charge >= 0.3 is 0 Å². The third kappa shape index (κ3) is 5.63. The van der Waals surface area contributed by atoms with Crippen LogP contribution in [0.4, 0.5) is 0 Å². The molecule has 53 heavy (non-hydrogen) atoms. The molecule has 10 aromatic rings. The van der Waals surface area contributed by atoms with E-state index in [0.29, 0.717) is 28.1 Å². The highest BCUT2D eigenvalue weighted by atomic mass is 16.3. The van der Waals surface area contributed by atoms with Crippen LogP contribution in [-0.2, 0) is 0 Å². The van der Waals surface area contributed by atoms with E-state index >= 15 is 0 Å². The van der Waals surface area contributed by atoms with Gasteiger partial charge in [-0.2, -0.15) is 0 Å². The lowest BCUT2D eigenvalue weighted by Crippen LogP contribution is -2.00. The Morgan fingerprint density at radius 1 is 0.396 bits per heavy atom. The van der Waals surface area contributed by atoms with Crippen LogP contribution in [0.25, 0.3) is 100 Å². The molecule has 0 amide bonds. The van der Waals surface area contributed by atoms with Gasteiger partial charge in [0.2, 0.25) is 0 Å². The fourth-order valence-corrected chi connectivity index (χ4v) is 7.01. The highest BCUT2D eigenvalue weighted by Crippen LogP contribution is 2.41. The highest BCUT2D eigenvalue weighted by Gasteiger charge is 2.19. The zero-order valence-corrected chi connectivity index (χ0v) is 28.3. The minimum absolute atomic E-state index is 0.0267. The maximum atomic E-state index is 8.77. The summed E-state index contributed by atoms with van der Waals surface area (Å²) in [6.07, 6.45) is 0. The second kappa shape index (κ2) is 12.9. The summed E-state index contributed by atoms with van der Waals surface area (Å²) in [5, 5.41) is 4.05. The van der Waals surface area contributed by atoms with Crippen molar-refractivity contribution >= 4 is 32.7 Å². The summed E-state index contributed by atoms with van der Waals surface area (Å²) in [4.78, 5) is 14.6. The average Bonchev–Trinajstić information content (AvgIpc) is 3.67. The third-order valence-electron chi connectivity index (χ3n) is 9.65. The van der Waals surface area contributed by atoms with E-state index in [2.05, 4.69) is 60.7 Å². The lowest BCUT2D eigenvalue weighted by atomic mass is 9.97. The first-order valence-corrected chi connectivity index (χ1v) is 17.4. The SMILES string of the molecule is [2H]c1c([2H])c([2H])c(-c2nc(-c3ccc(-c4ccccc4)cc3)nc(-c3cccc4oc5c(-c6ccc(-c7ccc8ccccc8c7)cc6)cccc5c34)n2)c([2H])c1[2H]. The topological polar surface area (TPSA) is 51.8 Å². The van der Waals surface area contributed by atoms with Gasteiger partial charge in [-0.05, 0) is 50.7 Å². The van der Waals surface area contributed by atoms with Crippen LogP contribution in [0.3, 0.4) is 0 Å². The van der Waals surface area contributed by atoms with E-state index < -0.39 is 30.2 Å². The van der Waals surface area contributed by atoms with Crippen molar-refractivity contribution in [1.82, 2.24) is 15.0 Å². The highest BCUT2D eigenvalue weighted by molar-refractivity contribution is 6.15. The predicted octanol–water partition coefficient (Wildman–Crippen LogP) is 12.9. The van der Waals surface area contributed by atoms with Gasteiger partial charge in [0.05, 0.1) is 6.85 Å². The quantitative estimate of drug-likeness (QED) is 0.175. The molecule has 0 bridgehead atoms. The fraction of sp³-hybridized carbons (Fsp3) is 0. The summed E-state index contributed by atoms with van der Waals surface area (Å²) in [6, 6.07) is 50.7. The minimum atomic E-state index is -0.487. The molecule has 0 saturated heterocycles. The smallest absolute Gasteiger partial charge is 0.164 e. The molecule has 0 saturated carbocycles. The van der Waals surface area contributed by atoms with Crippen molar-refractivity contribution in [3.05, 3.63) is 188 Å². The van der Waals surface area contributed by atoms with E-state index in [1.54, 1.807) is 0 Å². The number of furan rings is 1. The largest absolute Gasteiger partial charge is 0.455 e.